The lowest BCUT2D eigenvalue weighted by Gasteiger charge is -2.02. The number of hydrogen-bond donors (Lipinski definition) is 0. The van der Waals surface area contributed by atoms with Gasteiger partial charge >= 0.3 is 0 Å². The second-order valence-corrected chi connectivity index (χ2v) is 3.52. The maximum absolute atomic E-state index is 13.2. The minimum atomic E-state index is -0.601. The Labute approximate surface area is 101 Å². The molecule has 90 valence electrons. The van der Waals surface area contributed by atoms with E-state index in [-0.39, 0.29) is 5.88 Å². The maximum atomic E-state index is 13.2. The predicted molar refractivity (Wildman–Crippen MR) is 60.5 cm³/mol. The van der Waals surface area contributed by atoms with Crippen LogP contribution in [0.15, 0.2) is 31.0 Å². The first kappa shape index (κ1) is 10.6. The molecule has 18 heavy (non-hydrogen) atoms. The SMILES string of the molecule is COc1nc(-c2cnn3ccncc23)ncc1F. The Morgan fingerprint density at radius 3 is 3.00 bits per heavy atom. The lowest BCUT2D eigenvalue weighted by Crippen LogP contribution is -1.97. The molecule has 0 amide bonds. The lowest BCUT2D eigenvalue weighted by atomic mass is 10.3. The molecule has 0 saturated heterocycles. The van der Waals surface area contributed by atoms with Crippen LogP contribution in [-0.4, -0.2) is 31.7 Å². The van der Waals surface area contributed by atoms with E-state index >= 15 is 0 Å². The lowest BCUT2D eigenvalue weighted by molar-refractivity contribution is 0.368. The quantitative estimate of drug-likeness (QED) is 0.681. The van der Waals surface area contributed by atoms with E-state index in [1.54, 1.807) is 29.3 Å². The van der Waals surface area contributed by atoms with E-state index in [2.05, 4.69) is 20.1 Å². The van der Waals surface area contributed by atoms with Crippen LogP contribution in [0, 0.1) is 5.82 Å². The molecule has 0 N–H and O–H groups in total. The zero-order valence-corrected chi connectivity index (χ0v) is 9.41. The second kappa shape index (κ2) is 4.02. The minimum Gasteiger partial charge on any atom is -0.479 e. The first-order valence-electron chi connectivity index (χ1n) is 5.14. The molecule has 0 fully saturated rings. The van der Waals surface area contributed by atoms with Crippen LogP contribution in [0.3, 0.4) is 0 Å². The van der Waals surface area contributed by atoms with Crippen molar-refractivity contribution in [3.05, 3.63) is 36.8 Å². The van der Waals surface area contributed by atoms with Gasteiger partial charge in [0.05, 0.1) is 36.8 Å². The summed E-state index contributed by atoms with van der Waals surface area (Å²) in [6, 6.07) is 0. The number of hydrogen-bond acceptors (Lipinski definition) is 5. The van der Waals surface area contributed by atoms with Gasteiger partial charge in [0.2, 0.25) is 5.82 Å². The summed E-state index contributed by atoms with van der Waals surface area (Å²) in [5.74, 6) is -0.352. The van der Waals surface area contributed by atoms with Gasteiger partial charge in [0.1, 0.15) is 0 Å². The third-order valence-corrected chi connectivity index (χ3v) is 2.47. The fourth-order valence-corrected chi connectivity index (χ4v) is 1.63. The van der Waals surface area contributed by atoms with E-state index in [4.69, 9.17) is 4.74 Å². The zero-order valence-electron chi connectivity index (χ0n) is 9.41. The van der Waals surface area contributed by atoms with Crippen molar-refractivity contribution in [3.63, 3.8) is 0 Å². The van der Waals surface area contributed by atoms with Crippen LogP contribution >= 0.6 is 0 Å². The van der Waals surface area contributed by atoms with Crippen LogP contribution in [-0.2, 0) is 0 Å². The van der Waals surface area contributed by atoms with Crippen LogP contribution in [0.4, 0.5) is 4.39 Å². The number of ether oxygens (including phenoxy) is 1. The number of nitrogens with zero attached hydrogens (tertiary/aromatic N) is 5. The van der Waals surface area contributed by atoms with Gasteiger partial charge in [0.25, 0.3) is 5.88 Å². The molecule has 0 aliphatic heterocycles. The highest BCUT2D eigenvalue weighted by atomic mass is 19.1. The van der Waals surface area contributed by atoms with Gasteiger partial charge in [-0.1, -0.05) is 0 Å². The number of fused-ring (bicyclic) bond motifs is 1. The summed E-state index contributed by atoms with van der Waals surface area (Å²) in [4.78, 5) is 11.9. The summed E-state index contributed by atoms with van der Waals surface area (Å²) in [6.07, 6.45) is 7.64. The monoisotopic (exact) mass is 245 g/mol. The van der Waals surface area contributed by atoms with Gasteiger partial charge in [-0.15, -0.1) is 0 Å². The molecule has 3 aromatic heterocycles. The number of halogens is 1. The van der Waals surface area contributed by atoms with Crippen LogP contribution in [0.25, 0.3) is 16.9 Å². The van der Waals surface area contributed by atoms with Crippen molar-refractivity contribution in [2.75, 3.05) is 7.11 Å². The van der Waals surface area contributed by atoms with Crippen molar-refractivity contribution in [2.45, 2.75) is 0 Å². The summed E-state index contributed by atoms with van der Waals surface area (Å²) >= 11 is 0. The second-order valence-electron chi connectivity index (χ2n) is 3.52. The molecule has 0 bridgehead atoms. The Kier molecular flexibility index (Phi) is 2.36. The molecule has 0 spiro atoms. The third-order valence-electron chi connectivity index (χ3n) is 2.47. The van der Waals surface area contributed by atoms with Crippen molar-refractivity contribution >= 4 is 5.52 Å². The van der Waals surface area contributed by atoms with Crippen LogP contribution in [0.5, 0.6) is 5.88 Å². The highest BCUT2D eigenvalue weighted by Gasteiger charge is 2.12. The molecule has 0 aromatic carbocycles. The van der Waals surface area contributed by atoms with E-state index in [0.29, 0.717) is 11.4 Å². The summed E-state index contributed by atoms with van der Waals surface area (Å²) in [6.45, 7) is 0. The summed E-state index contributed by atoms with van der Waals surface area (Å²) < 4.78 is 19.7. The van der Waals surface area contributed by atoms with E-state index < -0.39 is 5.82 Å². The van der Waals surface area contributed by atoms with Gasteiger partial charge in [-0.2, -0.15) is 14.5 Å². The van der Waals surface area contributed by atoms with Crippen LogP contribution in [0.2, 0.25) is 0 Å². The topological polar surface area (TPSA) is 65.2 Å². The molecular weight excluding hydrogens is 237 g/mol. The summed E-state index contributed by atoms with van der Waals surface area (Å²) in [5, 5.41) is 4.14. The van der Waals surface area contributed by atoms with E-state index in [1.165, 1.54) is 7.11 Å². The number of rotatable bonds is 2. The zero-order chi connectivity index (χ0) is 12.5. The van der Waals surface area contributed by atoms with Crippen molar-refractivity contribution < 1.29 is 9.13 Å². The van der Waals surface area contributed by atoms with Crippen molar-refractivity contribution in [1.82, 2.24) is 24.6 Å². The third kappa shape index (κ3) is 1.56. The van der Waals surface area contributed by atoms with Crippen LogP contribution < -0.4 is 4.74 Å². The maximum Gasteiger partial charge on any atom is 0.253 e. The first-order valence-corrected chi connectivity index (χ1v) is 5.14. The minimum absolute atomic E-state index is 0.0942. The standard InChI is InChI=1S/C11H8FN5O/c1-18-11-8(12)5-14-10(16-11)7-4-15-17-3-2-13-6-9(7)17/h2-6H,1H3. The van der Waals surface area contributed by atoms with E-state index in [1.807, 2.05) is 0 Å². The summed E-state index contributed by atoms with van der Waals surface area (Å²) in [5.41, 5.74) is 1.41. The van der Waals surface area contributed by atoms with Gasteiger partial charge in [-0.05, 0) is 0 Å². The van der Waals surface area contributed by atoms with E-state index in [9.17, 15) is 4.39 Å². The molecular formula is C11H8FN5O. The molecule has 0 aliphatic carbocycles. The fourth-order valence-electron chi connectivity index (χ4n) is 1.63. The number of aromatic nitrogens is 5. The molecule has 0 saturated carbocycles. The fraction of sp³-hybridized carbons (Fsp3) is 0.0909. The molecule has 0 atom stereocenters. The molecule has 3 aromatic rings. The predicted octanol–water partition coefficient (Wildman–Crippen LogP) is 1.33. The Morgan fingerprint density at radius 1 is 1.28 bits per heavy atom. The molecule has 0 unspecified atom stereocenters. The van der Waals surface area contributed by atoms with Gasteiger partial charge in [-0.25, -0.2) is 9.50 Å². The highest BCUT2D eigenvalue weighted by molar-refractivity contribution is 5.74. The molecule has 3 heterocycles. The smallest absolute Gasteiger partial charge is 0.253 e. The Bertz CT molecular complexity index is 711. The molecule has 7 heteroatoms. The van der Waals surface area contributed by atoms with Crippen LogP contribution in [0.1, 0.15) is 0 Å². The molecule has 3 rings (SSSR count). The van der Waals surface area contributed by atoms with E-state index in [0.717, 1.165) is 11.7 Å². The van der Waals surface area contributed by atoms with Crippen molar-refractivity contribution in [1.29, 1.82) is 0 Å². The Hall–Kier alpha value is -2.57. The Morgan fingerprint density at radius 2 is 2.17 bits per heavy atom. The average molecular weight is 245 g/mol. The molecule has 0 aliphatic rings. The van der Waals surface area contributed by atoms with Gasteiger partial charge in [-0.3, -0.25) is 4.98 Å². The normalized spacial score (nSPS) is 10.8. The van der Waals surface area contributed by atoms with Gasteiger partial charge in [0, 0.05) is 12.4 Å². The molecule has 0 radical (unpaired) electrons. The molecule has 6 nitrogen and oxygen atoms in total. The van der Waals surface area contributed by atoms with Gasteiger partial charge in [0.15, 0.2) is 5.82 Å². The largest absolute Gasteiger partial charge is 0.479 e. The summed E-state index contributed by atoms with van der Waals surface area (Å²) in [7, 11) is 1.35. The van der Waals surface area contributed by atoms with Gasteiger partial charge < -0.3 is 4.74 Å². The van der Waals surface area contributed by atoms with Crippen molar-refractivity contribution in [3.8, 4) is 17.3 Å². The van der Waals surface area contributed by atoms with Crippen molar-refractivity contribution in [2.24, 2.45) is 0 Å². The first-order chi connectivity index (χ1) is 8.79. The average Bonchev–Trinajstić information content (AvgIpc) is 2.83. The Balaban J connectivity index is 2.20. The number of methoxy groups -OCH3 is 1. The highest BCUT2D eigenvalue weighted by Crippen LogP contribution is 2.22.